The van der Waals surface area contributed by atoms with Crippen molar-refractivity contribution >= 4 is 11.7 Å². The minimum absolute atomic E-state index is 0.0600. The van der Waals surface area contributed by atoms with Crippen LogP contribution < -0.4 is 10.1 Å². The fourth-order valence-electron chi connectivity index (χ4n) is 2.47. The summed E-state index contributed by atoms with van der Waals surface area (Å²) in [4.78, 5) is 11.5. The van der Waals surface area contributed by atoms with E-state index >= 15 is 0 Å². The van der Waals surface area contributed by atoms with Crippen LogP contribution in [0.15, 0.2) is 66.7 Å². The largest absolute Gasteiger partial charge is 0.494 e. The maximum Gasteiger partial charge on any atom is 0.330 e. The lowest BCUT2D eigenvalue weighted by Crippen LogP contribution is -2.10. The Hall–Kier alpha value is -2.75. The second-order valence-electron chi connectivity index (χ2n) is 5.46. The van der Waals surface area contributed by atoms with Crippen LogP contribution in [-0.2, 0) is 9.53 Å². The zero-order valence-corrected chi connectivity index (χ0v) is 14.8. The van der Waals surface area contributed by atoms with Crippen molar-refractivity contribution in [3.8, 4) is 5.75 Å². The predicted octanol–water partition coefficient (Wildman–Crippen LogP) is 4.75. The van der Waals surface area contributed by atoms with Crippen molar-refractivity contribution in [3.63, 3.8) is 0 Å². The highest BCUT2D eigenvalue weighted by Gasteiger charge is 2.10. The van der Waals surface area contributed by atoms with Crippen LogP contribution in [0, 0.1) is 0 Å². The standard InChI is InChI=1S/C21H25NO3/c1-3-24-19-15-13-18(14-16-19)22-20(17-9-6-5-7-10-17)11-8-12-21(23)25-4-2/h5-10,12-16,20,22H,3-4,11H2,1-2H3/b12-8+/t20-/m0/s1. The molecule has 0 aliphatic heterocycles. The number of rotatable bonds is 9. The first-order chi connectivity index (χ1) is 12.2. The lowest BCUT2D eigenvalue weighted by Gasteiger charge is -2.19. The molecule has 0 radical (unpaired) electrons. The third-order valence-electron chi connectivity index (χ3n) is 3.62. The molecule has 0 aliphatic carbocycles. The van der Waals surface area contributed by atoms with Gasteiger partial charge in [0.25, 0.3) is 0 Å². The molecule has 0 fully saturated rings. The monoisotopic (exact) mass is 339 g/mol. The summed E-state index contributed by atoms with van der Waals surface area (Å²) in [5.74, 6) is 0.543. The van der Waals surface area contributed by atoms with Gasteiger partial charge in [0.1, 0.15) is 5.75 Å². The number of nitrogens with one attached hydrogen (secondary N) is 1. The van der Waals surface area contributed by atoms with Gasteiger partial charge < -0.3 is 14.8 Å². The molecule has 25 heavy (non-hydrogen) atoms. The maximum absolute atomic E-state index is 11.5. The maximum atomic E-state index is 11.5. The number of anilines is 1. The van der Waals surface area contributed by atoms with Crippen LogP contribution in [0.25, 0.3) is 0 Å². The first-order valence-electron chi connectivity index (χ1n) is 8.60. The minimum atomic E-state index is -0.310. The van der Waals surface area contributed by atoms with Crippen molar-refractivity contribution in [3.05, 3.63) is 72.3 Å². The highest BCUT2D eigenvalue weighted by molar-refractivity contribution is 5.81. The Morgan fingerprint density at radius 1 is 1.04 bits per heavy atom. The van der Waals surface area contributed by atoms with Crippen molar-refractivity contribution in [2.24, 2.45) is 0 Å². The second kappa shape index (κ2) is 10.2. The molecule has 0 amide bonds. The first-order valence-corrected chi connectivity index (χ1v) is 8.60. The molecule has 2 rings (SSSR count). The van der Waals surface area contributed by atoms with E-state index in [1.807, 2.05) is 55.5 Å². The molecule has 0 aliphatic rings. The van der Waals surface area contributed by atoms with E-state index in [4.69, 9.17) is 9.47 Å². The van der Waals surface area contributed by atoms with Crippen LogP contribution in [0.5, 0.6) is 5.75 Å². The van der Waals surface area contributed by atoms with Gasteiger partial charge in [0.05, 0.1) is 19.3 Å². The molecule has 0 saturated heterocycles. The van der Waals surface area contributed by atoms with Crippen LogP contribution in [0.3, 0.4) is 0 Å². The lowest BCUT2D eigenvalue weighted by molar-refractivity contribution is -0.137. The molecule has 1 N–H and O–H groups in total. The molecule has 0 bridgehead atoms. The molecular weight excluding hydrogens is 314 g/mol. The molecule has 4 nitrogen and oxygen atoms in total. The van der Waals surface area contributed by atoms with Gasteiger partial charge in [0, 0.05) is 11.8 Å². The highest BCUT2D eigenvalue weighted by Crippen LogP contribution is 2.24. The van der Waals surface area contributed by atoms with Gasteiger partial charge in [-0.1, -0.05) is 36.4 Å². The molecular formula is C21H25NO3. The quantitative estimate of drug-likeness (QED) is 0.529. The minimum Gasteiger partial charge on any atom is -0.494 e. The van der Waals surface area contributed by atoms with Crippen molar-refractivity contribution in [1.29, 1.82) is 0 Å². The van der Waals surface area contributed by atoms with Crippen LogP contribution >= 0.6 is 0 Å². The molecule has 2 aromatic rings. The zero-order chi connectivity index (χ0) is 17.9. The van der Waals surface area contributed by atoms with Crippen LogP contribution in [-0.4, -0.2) is 19.2 Å². The summed E-state index contributed by atoms with van der Waals surface area (Å²) in [5, 5.41) is 3.51. The van der Waals surface area contributed by atoms with Gasteiger partial charge in [-0.2, -0.15) is 0 Å². The summed E-state index contributed by atoms with van der Waals surface area (Å²) in [6.45, 7) is 4.80. The van der Waals surface area contributed by atoms with Gasteiger partial charge in [0.15, 0.2) is 0 Å². The molecule has 1 atom stereocenters. The summed E-state index contributed by atoms with van der Waals surface area (Å²) in [5.41, 5.74) is 2.16. The van der Waals surface area contributed by atoms with Gasteiger partial charge in [-0.25, -0.2) is 4.79 Å². The Morgan fingerprint density at radius 2 is 1.76 bits per heavy atom. The van der Waals surface area contributed by atoms with Gasteiger partial charge in [0.2, 0.25) is 0 Å². The highest BCUT2D eigenvalue weighted by atomic mass is 16.5. The average molecular weight is 339 g/mol. The predicted molar refractivity (Wildman–Crippen MR) is 101 cm³/mol. The molecule has 2 aromatic carbocycles. The van der Waals surface area contributed by atoms with Crippen LogP contribution in [0.1, 0.15) is 31.9 Å². The lowest BCUT2D eigenvalue weighted by atomic mass is 10.0. The Labute approximate surface area is 149 Å². The van der Waals surface area contributed by atoms with Crippen molar-refractivity contribution in [2.45, 2.75) is 26.3 Å². The summed E-state index contributed by atoms with van der Waals surface area (Å²) < 4.78 is 10.4. The number of ether oxygens (including phenoxy) is 2. The molecule has 0 heterocycles. The fraction of sp³-hybridized carbons (Fsp3) is 0.286. The normalized spacial score (nSPS) is 11.9. The number of hydrogen-bond acceptors (Lipinski definition) is 4. The van der Waals surface area contributed by atoms with Crippen molar-refractivity contribution in [2.75, 3.05) is 18.5 Å². The molecule has 0 spiro atoms. The van der Waals surface area contributed by atoms with Gasteiger partial charge in [-0.05, 0) is 50.1 Å². The van der Waals surface area contributed by atoms with E-state index in [0.717, 1.165) is 17.0 Å². The Morgan fingerprint density at radius 3 is 2.40 bits per heavy atom. The van der Waals surface area contributed by atoms with Crippen molar-refractivity contribution in [1.82, 2.24) is 0 Å². The fourth-order valence-corrected chi connectivity index (χ4v) is 2.47. The number of carbonyl (C=O) groups excluding carboxylic acids is 1. The number of esters is 1. The van der Waals surface area contributed by atoms with Crippen molar-refractivity contribution < 1.29 is 14.3 Å². The second-order valence-corrected chi connectivity index (χ2v) is 5.46. The van der Waals surface area contributed by atoms with Gasteiger partial charge >= 0.3 is 5.97 Å². The third-order valence-corrected chi connectivity index (χ3v) is 3.62. The zero-order valence-electron chi connectivity index (χ0n) is 14.8. The van der Waals surface area contributed by atoms with Crippen LogP contribution in [0.4, 0.5) is 5.69 Å². The summed E-state index contributed by atoms with van der Waals surface area (Å²) >= 11 is 0. The van der Waals surface area contributed by atoms with E-state index in [1.54, 1.807) is 6.92 Å². The topological polar surface area (TPSA) is 47.6 Å². The summed E-state index contributed by atoms with van der Waals surface area (Å²) in [6, 6.07) is 18.1. The summed E-state index contributed by atoms with van der Waals surface area (Å²) in [7, 11) is 0. The summed E-state index contributed by atoms with van der Waals surface area (Å²) in [6.07, 6.45) is 4.01. The number of hydrogen-bond donors (Lipinski definition) is 1. The molecule has 0 unspecified atom stereocenters. The van der Waals surface area contributed by atoms with Crippen LogP contribution in [0.2, 0.25) is 0 Å². The van der Waals surface area contributed by atoms with E-state index in [0.29, 0.717) is 19.6 Å². The van der Waals surface area contributed by atoms with E-state index in [9.17, 15) is 4.79 Å². The third kappa shape index (κ3) is 6.34. The first kappa shape index (κ1) is 18.6. The SMILES string of the molecule is CCOC(=O)/C=C/C[C@H](Nc1ccc(OCC)cc1)c1ccccc1. The van der Waals surface area contributed by atoms with E-state index < -0.39 is 0 Å². The van der Waals surface area contributed by atoms with E-state index in [1.165, 1.54) is 6.08 Å². The smallest absolute Gasteiger partial charge is 0.330 e. The Bertz CT molecular complexity index is 665. The molecule has 0 aromatic heterocycles. The Kier molecular flexibility index (Phi) is 7.57. The number of carbonyl (C=O) groups is 1. The van der Waals surface area contributed by atoms with E-state index in [2.05, 4.69) is 17.4 Å². The average Bonchev–Trinajstić information content (AvgIpc) is 2.63. The van der Waals surface area contributed by atoms with Gasteiger partial charge in [-0.3, -0.25) is 0 Å². The number of benzene rings is 2. The van der Waals surface area contributed by atoms with E-state index in [-0.39, 0.29) is 12.0 Å². The van der Waals surface area contributed by atoms with Gasteiger partial charge in [-0.15, -0.1) is 0 Å². The molecule has 4 heteroatoms. The molecule has 132 valence electrons. The molecule has 0 saturated carbocycles. The Balaban J connectivity index is 2.08.